The zero-order valence-corrected chi connectivity index (χ0v) is 12.2. The van der Waals surface area contributed by atoms with Crippen LogP contribution in [-0.2, 0) is 10.8 Å². The Bertz CT molecular complexity index is 578. The maximum absolute atomic E-state index is 13.6. The third-order valence-corrected chi connectivity index (χ3v) is 3.96. The highest BCUT2D eigenvalue weighted by molar-refractivity contribution is 7.84. The van der Waals surface area contributed by atoms with Gasteiger partial charge in [-0.3, -0.25) is 9.00 Å². The van der Waals surface area contributed by atoms with Crippen molar-refractivity contribution >= 4 is 16.7 Å². The van der Waals surface area contributed by atoms with E-state index in [0.717, 1.165) is 0 Å². The van der Waals surface area contributed by atoms with Gasteiger partial charge in [-0.2, -0.15) is 0 Å². The number of carbonyl (C=O) groups excluding carboxylic acids is 1. The third kappa shape index (κ3) is 4.76. The molecule has 1 aromatic carbocycles. The summed E-state index contributed by atoms with van der Waals surface area (Å²) in [5.41, 5.74) is 5.70. The zero-order chi connectivity index (χ0) is 15.1. The van der Waals surface area contributed by atoms with Gasteiger partial charge in [0.2, 0.25) is 0 Å². The van der Waals surface area contributed by atoms with Gasteiger partial charge in [-0.15, -0.1) is 0 Å². The first kappa shape index (κ1) is 16.3. The number of carbonyl (C=O) groups is 1. The van der Waals surface area contributed by atoms with E-state index in [9.17, 15) is 13.4 Å². The molecular formula is C14H17FN2O2S. The Kier molecular flexibility index (Phi) is 6.36. The first-order chi connectivity index (χ1) is 9.45. The number of nitrogens with two attached hydrogens (primary N) is 1. The normalized spacial score (nSPS) is 13.0. The number of nitrogens with one attached hydrogen (secondary N) is 1. The molecule has 0 fully saturated rings. The summed E-state index contributed by atoms with van der Waals surface area (Å²) in [6.07, 6.45) is 1.56. The van der Waals surface area contributed by atoms with Gasteiger partial charge in [0.25, 0.3) is 5.91 Å². The fourth-order valence-corrected chi connectivity index (χ4v) is 1.70. The van der Waals surface area contributed by atoms with Crippen LogP contribution >= 0.6 is 0 Å². The van der Waals surface area contributed by atoms with Crippen molar-refractivity contribution in [1.82, 2.24) is 5.32 Å². The van der Waals surface area contributed by atoms with Gasteiger partial charge in [-0.05, 0) is 25.1 Å². The lowest BCUT2D eigenvalue weighted by Gasteiger charge is -2.10. The van der Waals surface area contributed by atoms with Crippen LogP contribution in [0.1, 0.15) is 22.8 Å². The van der Waals surface area contributed by atoms with Crippen LogP contribution in [0.15, 0.2) is 18.2 Å². The first-order valence-electron chi connectivity index (χ1n) is 6.04. The third-order valence-electron chi connectivity index (χ3n) is 2.66. The fraction of sp³-hybridized carbons (Fsp3) is 0.357. The van der Waals surface area contributed by atoms with Crippen LogP contribution in [0.4, 0.5) is 4.39 Å². The van der Waals surface area contributed by atoms with Gasteiger partial charge in [-0.25, -0.2) is 4.39 Å². The van der Waals surface area contributed by atoms with Crippen molar-refractivity contribution in [2.24, 2.45) is 5.73 Å². The second kappa shape index (κ2) is 7.78. The van der Waals surface area contributed by atoms with Gasteiger partial charge in [-0.1, -0.05) is 11.8 Å². The van der Waals surface area contributed by atoms with Crippen LogP contribution in [0.2, 0.25) is 0 Å². The summed E-state index contributed by atoms with van der Waals surface area (Å²) in [4.78, 5) is 11.9. The smallest absolute Gasteiger partial charge is 0.254 e. The standard InChI is InChI=1S/C14H17FN2O2S/c1-10(20(2)19)9-17-14(18)12-8-11(4-3-7-16)5-6-13(12)15/h5-6,8,10H,7,9,16H2,1-2H3,(H,17,18). The van der Waals surface area contributed by atoms with Crippen LogP contribution in [-0.4, -0.2) is 34.7 Å². The molecule has 0 radical (unpaired) electrons. The largest absolute Gasteiger partial charge is 0.351 e. The number of hydrogen-bond acceptors (Lipinski definition) is 3. The van der Waals surface area contributed by atoms with Crippen LogP contribution < -0.4 is 11.1 Å². The maximum atomic E-state index is 13.6. The Morgan fingerprint density at radius 2 is 2.25 bits per heavy atom. The van der Waals surface area contributed by atoms with Crippen LogP contribution in [0.3, 0.4) is 0 Å². The van der Waals surface area contributed by atoms with Gasteiger partial charge in [0.15, 0.2) is 0 Å². The van der Waals surface area contributed by atoms with Crippen molar-refractivity contribution in [3.63, 3.8) is 0 Å². The minimum absolute atomic E-state index is 0.0806. The molecule has 0 heterocycles. The molecule has 0 bridgehead atoms. The van der Waals surface area contributed by atoms with E-state index in [1.807, 2.05) is 0 Å². The molecule has 0 aliphatic rings. The Morgan fingerprint density at radius 3 is 2.85 bits per heavy atom. The lowest BCUT2D eigenvalue weighted by Crippen LogP contribution is -2.33. The first-order valence-corrected chi connectivity index (χ1v) is 7.66. The molecular weight excluding hydrogens is 279 g/mol. The van der Waals surface area contributed by atoms with Crippen molar-refractivity contribution in [2.75, 3.05) is 19.3 Å². The molecule has 0 spiro atoms. The lowest BCUT2D eigenvalue weighted by atomic mass is 10.1. The van der Waals surface area contributed by atoms with E-state index < -0.39 is 22.5 Å². The summed E-state index contributed by atoms with van der Waals surface area (Å²) in [5, 5.41) is 2.37. The SMILES string of the molecule is CC(CNC(=O)c1cc(C#CCN)ccc1F)S(C)=O. The Balaban J connectivity index is 2.84. The second-order valence-corrected chi connectivity index (χ2v) is 6.02. The molecule has 0 saturated carbocycles. The lowest BCUT2D eigenvalue weighted by molar-refractivity contribution is 0.0950. The molecule has 0 aromatic heterocycles. The van der Waals surface area contributed by atoms with Gasteiger partial charge >= 0.3 is 0 Å². The predicted molar refractivity (Wildman–Crippen MR) is 78.2 cm³/mol. The second-order valence-electron chi connectivity index (χ2n) is 4.22. The Hall–Kier alpha value is -1.71. The van der Waals surface area contributed by atoms with E-state index in [2.05, 4.69) is 17.2 Å². The average Bonchev–Trinajstić information content (AvgIpc) is 2.43. The van der Waals surface area contributed by atoms with E-state index >= 15 is 0 Å². The summed E-state index contributed by atoms with van der Waals surface area (Å²) < 4.78 is 24.8. The van der Waals surface area contributed by atoms with Gasteiger partial charge in [0.05, 0.1) is 12.1 Å². The number of amides is 1. The van der Waals surface area contributed by atoms with Gasteiger partial charge in [0, 0.05) is 34.4 Å². The molecule has 1 rings (SSSR count). The number of halogens is 1. The van der Waals surface area contributed by atoms with Gasteiger partial charge < -0.3 is 11.1 Å². The highest BCUT2D eigenvalue weighted by atomic mass is 32.2. The molecule has 0 aliphatic carbocycles. The molecule has 108 valence electrons. The van der Waals surface area contributed by atoms with Crippen LogP contribution in [0, 0.1) is 17.7 Å². The van der Waals surface area contributed by atoms with Crippen LogP contribution in [0.25, 0.3) is 0 Å². The van der Waals surface area contributed by atoms with Crippen molar-refractivity contribution in [3.05, 3.63) is 35.1 Å². The van der Waals surface area contributed by atoms with Crippen molar-refractivity contribution < 1.29 is 13.4 Å². The monoisotopic (exact) mass is 296 g/mol. The number of rotatable bonds is 4. The van der Waals surface area contributed by atoms with E-state index in [1.54, 1.807) is 13.2 Å². The molecule has 6 heteroatoms. The van der Waals surface area contributed by atoms with E-state index in [0.29, 0.717) is 5.56 Å². The molecule has 20 heavy (non-hydrogen) atoms. The van der Waals surface area contributed by atoms with Crippen molar-refractivity contribution in [1.29, 1.82) is 0 Å². The van der Waals surface area contributed by atoms with E-state index in [-0.39, 0.29) is 23.9 Å². The zero-order valence-electron chi connectivity index (χ0n) is 11.4. The summed E-state index contributed by atoms with van der Waals surface area (Å²) in [6.45, 7) is 2.16. The molecule has 4 nitrogen and oxygen atoms in total. The highest BCUT2D eigenvalue weighted by Gasteiger charge is 2.14. The molecule has 0 aliphatic heterocycles. The van der Waals surface area contributed by atoms with Gasteiger partial charge in [0.1, 0.15) is 5.82 Å². The quantitative estimate of drug-likeness (QED) is 0.801. The molecule has 1 aromatic rings. The average molecular weight is 296 g/mol. The number of hydrogen-bond donors (Lipinski definition) is 2. The molecule has 2 unspecified atom stereocenters. The summed E-state index contributed by atoms with van der Waals surface area (Å²) in [5.74, 6) is 4.21. The highest BCUT2D eigenvalue weighted by Crippen LogP contribution is 2.10. The molecule has 0 saturated heterocycles. The maximum Gasteiger partial charge on any atom is 0.254 e. The molecule has 2 atom stereocenters. The topological polar surface area (TPSA) is 72.2 Å². The molecule has 3 N–H and O–H groups in total. The summed E-state index contributed by atoms with van der Waals surface area (Å²) >= 11 is 0. The Labute approximate surface area is 120 Å². The van der Waals surface area contributed by atoms with Crippen molar-refractivity contribution in [2.45, 2.75) is 12.2 Å². The minimum atomic E-state index is -1.04. The summed E-state index contributed by atoms with van der Waals surface area (Å²) in [6, 6.07) is 4.05. The minimum Gasteiger partial charge on any atom is -0.351 e. The van der Waals surface area contributed by atoms with E-state index in [1.165, 1.54) is 18.2 Å². The predicted octanol–water partition coefficient (Wildman–Crippen LogP) is 0.633. The fourth-order valence-electron chi connectivity index (χ4n) is 1.38. The number of benzene rings is 1. The molecule has 1 amide bonds. The van der Waals surface area contributed by atoms with Crippen molar-refractivity contribution in [3.8, 4) is 11.8 Å². The Morgan fingerprint density at radius 1 is 1.55 bits per heavy atom. The van der Waals surface area contributed by atoms with Crippen LogP contribution in [0.5, 0.6) is 0 Å². The summed E-state index contributed by atoms with van der Waals surface area (Å²) in [7, 11) is -1.04. The van der Waals surface area contributed by atoms with E-state index in [4.69, 9.17) is 5.73 Å².